The van der Waals surface area contributed by atoms with Gasteiger partial charge in [-0.3, -0.25) is 27.7 Å². The maximum atomic E-state index is 11.9. The molecule has 0 amide bonds. The molecule has 6 N–H and O–H groups in total. The van der Waals surface area contributed by atoms with E-state index in [1.807, 2.05) is 0 Å². The molecule has 0 saturated carbocycles. The predicted molar refractivity (Wildman–Crippen MR) is 92.2 cm³/mol. The molecule has 5 atom stereocenters. The van der Waals surface area contributed by atoms with Gasteiger partial charge in [-0.05, 0) is 0 Å². The molecule has 2 aromatic heterocycles. The lowest BCUT2D eigenvalue weighted by atomic mass is 10.2. The van der Waals surface area contributed by atoms with Crippen LogP contribution in [0.25, 0.3) is 11.2 Å². The summed E-state index contributed by atoms with van der Waals surface area (Å²) >= 11 is 0. The van der Waals surface area contributed by atoms with Gasteiger partial charge in [-0.15, -0.1) is 0 Å². The Morgan fingerprint density at radius 3 is 2.65 bits per heavy atom. The summed E-state index contributed by atoms with van der Waals surface area (Å²) in [4.78, 5) is 53.9. The molecule has 0 spiro atoms. The van der Waals surface area contributed by atoms with E-state index in [-0.39, 0.29) is 23.5 Å². The molecule has 0 bridgehead atoms. The van der Waals surface area contributed by atoms with Crippen molar-refractivity contribution >= 4 is 40.5 Å². The molecule has 5 unspecified atom stereocenters. The molecule has 1 fully saturated rings. The fraction of sp³-hybridized carbons (Fsp3) is 0.500. The van der Waals surface area contributed by atoms with E-state index in [2.05, 4.69) is 28.1 Å². The van der Waals surface area contributed by atoms with Crippen molar-refractivity contribution in [2.45, 2.75) is 24.9 Å². The topological polar surface area (TPSA) is 293 Å². The molecule has 3 rings (SSSR count). The first kappa shape index (κ1) is 24.1. The summed E-state index contributed by atoms with van der Waals surface area (Å²) in [7, 11) is -16.9. The van der Waals surface area contributed by atoms with Gasteiger partial charge in [0.05, 0.1) is 26.9 Å². The number of phosphoric acid groups is 2. The number of aromatic amines is 1. The first-order valence-electron chi connectivity index (χ1n) is 8.00. The maximum Gasteiger partial charge on any atom is 0.409 e. The highest BCUT2D eigenvalue weighted by molar-refractivity contribution is 7.66. The van der Waals surface area contributed by atoms with Crippen molar-refractivity contribution in [2.24, 2.45) is 5.50 Å². The maximum absolute atomic E-state index is 11.9. The van der Waals surface area contributed by atoms with Gasteiger partial charge >= 0.3 is 7.75 Å². The lowest BCUT2D eigenvalue weighted by molar-refractivity contribution is -0.339. The van der Waals surface area contributed by atoms with E-state index >= 15 is 0 Å². The number of imidazole rings is 1. The van der Waals surface area contributed by atoms with E-state index in [0.717, 1.165) is 0 Å². The first-order valence-corrected chi connectivity index (χ1v) is 12.5. The molecule has 1 aliphatic rings. The smallest absolute Gasteiger partial charge is 0.409 e. The van der Waals surface area contributed by atoms with E-state index in [0.29, 0.717) is 0 Å². The minimum atomic E-state index is -6.03. The number of hydrogen-bond donors (Lipinski definition) is 4. The molecular weight excluding hydrogens is 489 g/mol. The second-order valence-corrected chi connectivity index (χ2v) is 10.5. The molecule has 2 aromatic rings. The molecule has 31 heavy (non-hydrogen) atoms. The van der Waals surface area contributed by atoms with Crippen LogP contribution >= 0.6 is 23.4 Å². The molecule has 21 heteroatoms. The largest absolute Gasteiger partial charge is 0.790 e. The van der Waals surface area contributed by atoms with Crippen LogP contribution in [0.1, 0.15) is 12.6 Å². The van der Waals surface area contributed by atoms with Crippen molar-refractivity contribution in [3.8, 4) is 0 Å². The Morgan fingerprint density at radius 1 is 1.32 bits per heavy atom. The molecule has 1 aliphatic heterocycles. The monoisotopic (exact) mass is 503 g/mol. The van der Waals surface area contributed by atoms with Crippen LogP contribution in [0.3, 0.4) is 0 Å². The molecule has 0 radical (unpaired) electrons. The summed E-state index contributed by atoms with van der Waals surface area (Å²) < 4.78 is 51.8. The van der Waals surface area contributed by atoms with Crippen LogP contribution in [0, 0.1) is 0 Å². The molecule has 18 nitrogen and oxygen atoms in total. The Labute approximate surface area is 171 Å². The number of fused-ring (bicyclic) bond motifs is 1. The molecule has 174 valence electrons. The lowest BCUT2D eigenvalue weighted by Crippen LogP contribution is -2.27. The summed E-state index contributed by atoms with van der Waals surface area (Å²) in [6, 6.07) is 0. The first-order chi connectivity index (χ1) is 14.2. The molecular formula is C10H14N6O12P3-3. The van der Waals surface area contributed by atoms with E-state index < -0.39 is 54.0 Å². The van der Waals surface area contributed by atoms with Gasteiger partial charge in [0.2, 0.25) is 5.95 Å². The minimum absolute atomic E-state index is 0.0490. The summed E-state index contributed by atoms with van der Waals surface area (Å²) in [6.45, 7) is -0.777. The van der Waals surface area contributed by atoms with E-state index in [9.17, 15) is 38.3 Å². The number of H-pyrrole nitrogens is 1. The highest BCUT2D eigenvalue weighted by Crippen LogP contribution is 2.60. The fourth-order valence-electron chi connectivity index (χ4n) is 2.67. The summed E-state index contributed by atoms with van der Waals surface area (Å²) in [5.41, 5.74) is 9.93. The molecule has 3 heterocycles. The third-order valence-corrected chi connectivity index (χ3v) is 7.62. The third-order valence-electron chi connectivity index (χ3n) is 3.80. The van der Waals surface area contributed by atoms with Gasteiger partial charge in [0.15, 0.2) is 11.2 Å². The van der Waals surface area contributed by atoms with Gasteiger partial charge in [-0.1, -0.05) is 0 Å². The van der Waals surface area contributed by atoms with Gasteiger partial charge in [0.25, 0.3) is 13.4 Å². The van der Waals surface area contributed by atoms with Crippen molar-refractivity contribution in [1.82, 2.24) is 19.5 Å². The van der Waals surface area contributed by atoms with E-state index in [1.54, 1.807) is 0 Å². The normalized spacial score (nSPS) is 26.0. The molecule has 0 aromatic carbocycles. The molecule has 0 aliphatic carbocycles. The number of aliphatic hydroxyl groups excluding tert-OH is 1. The predicted octanol–water partition coefficient (Wildman–Crippen LogP) is -3.24. The van der Waals surface area contributed by atoms with Crippen LogP contribution in [0.2, 0.25) is 0 Å². The van der Waals surface area contributed by atoms with Crippen LogP contribution in [-0.4, -0.2) is 43.4 Å². The van der Waals surface area contributed by atoms with Crippen molar-refractivity contribution in [1.29, 1.82) is 0 Å². The van der Waals surface area contributed by atoms with Gasteiger partial charge in [0, 0.05) is 6.42 Å². The van der Waals surface area contributed by atoms with Crippen LogP contribution in [-0.2, 0) is 31.6 Å². The second-order valence-electron chi connectivity index (χ2n) is 6.10. The zero-order chi connectivity index (χ0) is 23.2. The van der Waals surface area contributed by atoms with Crippen molar-refractivity contribution in [3.05, 3.63) is 16.7 Å². The van der Waals surface area contributed by atoms with Crippen molar-refractivity contribution < 1.29 is 51.4 Å². The zero-order valence-corrected chi connectivity index (χ0v) is 17.7. The van der Waals surface area contributed by atoms with Crippen LogP contribution in [0.4, 0.5) is 5.95 Å². The second kappa shape index (κ2) is 8.44. The zero-order valence-electron chi connectivity index (χ0n) is 15.0. The number of aromatic nitrogens is 4. The van der Waals surface area contributed by atoms with Crippen molar-refractivity contribution in [3.63, 3.8) is 0 Å². The number of anilines is 1. The number of nitrogen functional groups attached to an aromatic ring is 1. The number of rotatable bonds is 8. The number of nitrogens with zero attached hydrogens (tertiary/aromatic N) is 3. The number of hydrogen-bond acceptors (Lipinski definition) is 15. The molecule has 1 saturated heterocycles. The number of nitrogens with one attached hydrogen (secondary N) is 1. The van der Waals surface area contributed by atoms with Gasteiger partial charge in [-0.2, -0.15) is 4.98 Å². The Hall–Kier alpha value is -1.52. The van der Waals surface area contributed by atoms with Crippen molar-refractivity contribution in [2.75, 3.05) is 12.3 Å². The summed E-state index contributed by atoms with van der Waals surface area (Å²) in [5, 5.41) is 10.1. The van der Waals surface area contributed by atoms with Gasteiger partial charge in [0.1, 0.15) is 12.3 Å². The SMILES string of the molecule is Nc1nc2c(ncn2C2CC(O)C(COP(N)(=O)OP(=O)([O-])OP(=O)([O-])[O-])O2)c(=O)[nH]1. The highest BCUT2D eigenvalue weighted by Gasteiger charge is 2.38. The van der Waals surface area contributed by atoms with Gasteiger partial charge in [-0.25, -0.2) is 19.4 Å². The number of nitrogens with two attached hydrogens (primary N) is 2. The number of ether oxygens (including phenoxy) is 1. The van der Waals surface area contributed by atoms with Crippen LogP contribution in [0.5, 0.6) is 0 Å². The quantitative estimate of drug-likeness (QED) is 0.257. The average molecular weight is 503 g/mol. The fourth-order valence-corrected chi connectivity index (χ4v) is 5.69. The van der Waals surface area contributed by atoms with Crippen LogP contribution in [0.15, 0.2) is 11.1 Å². The van der Waals surface area contributed by atoms with Gasteiger partial charge < -0.3 is 34.8 Å². The Balaban J connectivity index is 1.67. The Bertz CT molecular complexity index is 1180. The van der Waals surface area contributed by atoms with E-state index in [1.165, 1.54) is 10.9 Å². The average Bonchev–Trinajstić information content (AvgIpc) is 3.13. The third kappa shape index (κ3) is 6.04. The number of aliphatic hydroxyl groups is 1. The Morgan fingerprint density at radius 2 is 2.00 bits per heavy atom. The lowest BCUT2D eigenvalue weighted by Gasteiger charge is -2.35. The Kier molecular flexibility index (Phi) is 6.57. The minimum Gasteiger partial charge on any atom is -0.790 e. The summed E-state index contributed by atoms with van der Waals surface area (Å²) in [5.74, 6) is -0.191. The van der Waals surface area contributed by atoms with E-state index in [4.69, 9.17) is 16.0 Å². The standard InChI is InChI=1S/C10H17N6O12P3/c11-10-14-8-7(9(18)15-10)13-3-16(8)6-1-4(17)5(26-6)2-25-29(12,19)27-31(23,24)28-30(20,21)22/h3-6,17H,1-2H2,(H2,12,19)(H,23,24)(H2,20,21,22)(H3,11,14,15,18)/p-3. The van der Waals surface area contributed by atoms with Crippen LogP contribution < -0.4 is 31.5 Å². The highest BCUT2D eigenvalue weighted by atomic mass is 31.3. The summed E-state index contributed by atoms with van der Waals surface area (Å²) in [6.07, 6.45) is -2.28.